The second-order valence-electron chi connectivity index (χ2n) is 4.56. The van der Waals surface area contributed by atoms with E-state index in [0.29, 0.717) is 24.7 Å². The second-order valence-corrected chi connectivity index (χ2v) is 6.12. The average Bonchev–Trinajstić information content (AvgIpc) is 3.11. The van der Waals surface area contributed by atoms with E-state index in [9.17, 15) is 8.42 Å². The summed E-state index contributed by atoms with van der Waals surface area (Å²) in [5.74, 6) is 0.917. The maximum atomic E-state index is 11.2. The number of aromatic nitrogens is 5. The van der Waals surface area contributed by atoms with Crippen molar-refractivity contribution in [3.63, 3.8) is 0 Å². The second kappa shape index (κ2) is 5.66. The Kier molecular flexibility index (Phi) is 3.69. The van der Waals surface area contributed by atoms with Crippen molar-refractivity contribution in [3.8, 4) is 0 Å². The van der Waals surface area contributed by atoms with Crippen LogP contribution < -0.4 is 5.14 Å². The number of primary sulfonamides is 1. The van der Waals surface area contributed by atoms with Crippen LogP contribution in [0.25, 0.3) is 0 Å². The molecule has 1 aromatic carbocycles. The van der Waals surface area contributed by atoms with Gasteiger partial charge >= 0.3 is 0 Å². The summed E-state index contributed by atoms with van der Waals surface area (Å²) in [6.45, 7) is 0.369. The van der Waals surface area contributed by atoms with Gasteiger partial charge in [-0.25, -0.2) is 23.2 Å². The van der Waals surface area contributed by atoms with E-state index in [0.717, 1.165) is 5.56 Å². The molecule has 114 valence electrons. The van der Waals surface area contributed by atoms with Gasteiger partial charge in [0.2, 0.25) is 15.9 Å². The summed E-state index contributed by atoms with van der Waals surface area (Å²) in [5, 5.41) is 12.9. The molecule has 0 saturated carbocycles. The predicted molar refractivity (Wildman–Crippen MR) is 74.0 cm³/mol. The lowest BCUT2D eigenvalue weighted by Crippen LogP contribution is -2.11. The highest BCUT2D eigenvalue weighted by Crippen LogP contribution is 2.12. The van der Waals surface area contributed by atoms with Crippen molar-refractivity contribution < 1.29 is 12.9 Å². The lowest BCUT2D eigenvalue weighted by molar-refractivity contribution is 0.377. The lowest BCUT2D eigenvalue weighted by Gasteiger charge is -2.00. The average molecular weight is 320 g/mol. The van der Waals surface area contributed by atoms with Crippen LogP contribution >= 0.6 is 0 Å². The van der Waals surface area contributed by atoms with E-state index in [4.69, 9.17) is 9.66 Å². The zero-order valence-electron chi connectivity index (χ0n) is 11.3. The maximum absolute atomic E-state index is 11.2. The van der Waals surface area contributed by atoms with E-state index in [1.54, 1.807) is 23.1 Å². The molecule has 0 aliphatic rings. The summed E-state index contributed by atoms with van der Waals surface area (Å²) in [6.07, 6.45) is 3.38. The van der Waals surface area contributed by atoms with E-state index < -0.39 is 10.0 Å². The highest BCUT2D eigenvalue weighted by molar-refractivity contribution is 7.89. The fourth-order valence-corrected chi connectivity index (χ4v) is 2.37. The third kappa shape index (κ3) is 3.35. The molecular weight excluding hydrogens is 308 g/mol. The van der Waals surface area contributed by atoms with Crippen LogP contribution in [-0.4, -0.2) is 33.3 Å². The Hall–Kier alpha value is -2.59. The smallest absolute Gasteiger partial charge is 0.238 e. The Morgan fingerprint density at radius 1 is 1.23 bits per heavy atom. The molecule has 0 bridgehead atoms. The van der Waals surface area contributed by atoms with Gasteiger partial charge in [0.05, 0.1) is 11.3 Å². The van der Waals surface area contributed by atoms with Crippen molar-refractivity contribution in [1.29, 1.82) is 0 Å². The Morgan fingerprint density at radius 3 is 2.64 bits per heavy atom. The summed E-state index contributed by atoms with van der Waals surface area (Å²) in [4.78, 5) is 8.13. The van der Waals surface area contributed by atoms with Crippen LogP contribution in [-0.2, 0) is 23.0 Å². The molecule has 3 aromatic rings. The minimum Gasteiger partial charge on any atom is -0.339 e. The van der Waals surface area contributed by atoms with Crippen molar-refractivity contribution in [2.24, 2.45) is 5.14 Å². The van der Waals surface area contributed by atoms with E-state index in [1.807, 2.05) is 0 Å². The molecule has 0 fully saturated rings. The number of hydrogen-bond donors (Lipinski definition) is 1. The standard InChI is InChI=1S/C12H12N6O3S/c13-22(19,20)10-3-1-9(2-4-10)5-12-16-11(17-21-12)6-18-8-14-7-15-18/h1-4,7-8H,5-6H2,(H2,13,19,20). The fourth-order valence-electron chi connectivity index (χ4n) is 1.86. The molecular formula is C12H12N6O3S. The van der Waals surface area contributed by atoms with Crippen molar-refractivity contribution in [2.75, 3.05) is 0 Å². The summed E-state index contributed by atoms with van der Waals surface area (Å²) in [5.41, 5.74) is 0.836. The maximum Gasteiger partial charge on any atom is 0.238 e. The highest BCUT2D eigenvalue weighted by Gasteiger charge is 2.10. The minimum absolute atomic E-state index is 0.0636. The van der Waals surface area contributed by atoms with E-state index >= 15 is 0 Å². The SMILES string of the molecule is NS(=O)(=O)c1ccc(Cc2nc(Cn3cncn3)no2)cc1. The van der Waals surface area contributed by atoms with Gasteiger partial charge in [-0.2, -0.15) is 10.1 Å². The van der Waals surface area contributed by atoms with Crippen LogP contribution in [0.3, 0.4) is 0 Å². The number of nitrogens with two attached hydrogens (primary N) is 1. The molecule has 0 aliphatic heterocycles. The molecule has 0 amide bonds. The number of hydrogen-bond acceptors (Lipinski definition) is 7. The monoisotopic (exact) mass is 320 g/mol. The molecule has 2 heterocycles. The Balaban J connectivity index is 1.70. The predicted octanol–water partition coefficient (Wildman–Crippen LogP) is -0.0524. The van der Waals surface area contributed by atoms with Crippen LogP contribution in [0.1, 0.15) is 17.3 Å². The minimum atomic E-state index is -3.68. The molecule has 0 atom stereocenters. The van der Waals surface area contributed by atoms with Gasteiger partial charge in [0.15, 0.2) is 5.82 Å². The van der Waals surface area contributed by atoms with Gasteiger partial charge < -0.3 is 4.52 Å². The van der Waals surface area contributed by atoms with Crippen LogP contribution in [0.2, 0.25) is 0 Å². The first kappa shape index (κ1) is 14.4. The van der Waals surface area contributed by atoms with E-state index in [1.165, 1.54) is 18.5 Å². The quantitative estimate of drug-likeness (QED) is 0.697. The Morgan fingerprint density at radius 2 is 2.00 bits per heavy atom. The van der Waals surface area contributed by atoms with Gasteiger partial charge in [-0.05, 0) is 17.7 Å². The summed E-state index contributed by atoms with van der Waals surface area (Å²) < 4.78 is 29.1. The third-order valence-corrected chi connectivity index (χ3v) is 3.82. The van der Waals surface area contributed by atoms with Gasteiger partial charge in [-0.15, -0.1) is 0 Å². The van der Waals surface area contributed by atoms with Crippen LogP contribution in [0.4, 0.5) is 0 Å². The van der Waals surface area contributed by atoms with Gasteiger partial charge in [0.25, 0.3) is 0 Å². The lowest BCUT2D eigenvalue weighted by atomic mass is 10.1. The molecule has 9 nitrogen and oxygen atoms in total. The van der Waals surface area contributed by atoms with Gasteiger partial charge in [-0.3, -0.25) is 0 Å². The summed E-state index contributed by atoms with van der Waals surface area (Å²) in [7, 11) is -3.68. The van der Waals surface area contributed by atoms with Crippen LogP contribution in [0.5, 0.6) is 0 Å². The normalized spacial score (nSPS) is 11.7. The Bertz CT molecular complexity index is 855. The van der Waals surface area contributed by atoms with Crippen molar-refractivity contribution in [1.82, 2.24) is 24.9 Å². The van der Waals surface area contributed by atoms with Crippen LogP contribution in [0, 0.1) is 0 Å². The molecule has 22 heavy (non-hydrogen) atoms. The van der Waals surface area contributed by atoms with E-state index in [-0.39, 0.29) is 4.90 Å². The zero-order valence-corrected chi connectivity index (χ0v) is 12.1. The topological polar surface area (TPSA) is 130 Å². The molecule has 2 aromatic heterocycles. The molecule has 0 aliphatic carbocycles. The van der Waals surface area contributed by atoms with Gasteiger partial charge in [0, 0.05) is 0 Å². The molecule has 0 saturated heterocycles. The first-order valence-electron chi connectivity index (χ1n) is 6.26. The largest absolute Gasteiger partial charge is 0.339 e. The van der Waals surface area contributed by atoms with Gasteiger partial charge in [0.1, 0.15) is 19.2 Å². The molecule has 0 unspecified atom stereocenters. The van der Waals surface area contributed by atoms with Crippen molar-refractivity contribution in [3.05, 3.63) is 54.2 Å². The van der Waals surface area contributed by atoms with Gasteiger partial charge in [-0.1, -0.05) is 17.3 Å². The van der Waals surface area contributed by atoms with Crippen LogP contribution in [0.15, 0.2) is 46.3 Å². The third-order valence-electron chi connectivity index (χ3n) is 2.89. The summed E-state index contributed by atoms with van der Waals surface area (Å²) in [6, 6.07) is 6.19. The number of rotatable bonds is 5. The molecule has 3 rings (SSSR count). The summed E-state index contributed by atoms with van der Waals surface area (Å²) >= 11 is 0. The fraction of sp³-hybridized carbons (Fsp3) is 0.167. The van der Waals surface area contributed by atoms with Crippen molar-refractivity contribution in [2.45, 2.75) is 17.9 Å². The highest BCUT2D eigenvalue weighted by atomic mass is 32.2. The molecule has 2 N–H and O–H groups in total. The zero-order chi connectivity index (χ0) is 15.6. The molecule has 10 heteroatoms. The van der Waals surface area contributed by atoms with E-state index in [2.05, 4.69) is 20.2 Å². The first-order chi connectivity index (χ1) is 10.5. The number of sulfonamides is 1. The molecule has 0 radical (unpaired) electrons. The number of benzene rings is 1. The number of nitrogens with zero attached hydrogens (tertiary/aromatic N) is 5. The Labute approximate surface area is 125 Å². The van der Waals surface area contributed by atoms with Crippen molar-refractivity contribution >= 4 is 10.0 Å². The molecule has 0 spiro atoms. The first-order valence-corrected chi connectivity index (χ1v) is 7.81.